The second-order valence-corrected chi connectivity index (χ2v) is 11.8. The first-order valence-electron chi connectivity index (χ1n) is 15.5. The molecule has 10 nitrogen and oxygen atoms in total. The van der Waals surface area contributed by atoms with E-state index in [2.05, 4.69) is 16.8 Å². The van der Waals surface area contributed by atoms with Crippen molar-refractivity contribution < 1.29 is 42.7 Å². The van der Waals surface area contributed by atoms with Crippen LogP contribution in [0.2, 0.25) is 0 Å². The molecule has 1 atom stereocenters. The molecule has 0 bridgehead atoms. The third-order valence-electron chi connectivity index (χ3n) is 6.52. The summed E-state index contributed by atoms with van der Waals surface area (Å²) in [5, 5.41) is 2.80. The van der Waals surface area contributed by atoms with E-state index in [4.69, 9.17) is 24.0 Å². The molecule has 0 aromatic heterocycles. The van der Waals surface area contributed by atoms with Crippen molar-refractivity contribution >= 4 is 19.7 Å². The first-order chi connectivity index (χ1) is 19.2. The number of rotatable bonds is 30. The zero-order valence-electron chi connectivity index (χ0n) is 25.2. The Hall–Kier alpha value is -1.03. The molecule has 0 aromatic carbocycles. The summed E-state index contributed by atoms with van der Waals surface area (Å²) < 4.78 is 31.8. The number of carbonyl (C=O) groups excluding carboxylic acids is 2. The fourth-order valence-electron chi connectivity index (χ4n) is 4.25. The molecule has 11 heteroatoms. The Morgan fingerprint density at radius 2 is 1.25 bits per heavy atom. The predicted octanol–water partition coefficient (Wildman–Crippen LogP) is 6.57. The fourth-order valence-corrected chi connectivity index (χ4v) is 4.61. The van der Waals surface area contributed by atoms with Gasteiger partial charge in [0.15, 0.2) is 0 Å². The number of esters is 1. The van der Waals surface area contributed by atoms with E-state index in [1.54, 1.807) is 0 Å². The number of carbonyl (C=O) groups is 2. The molecule has 0 saturated heterocycles. The van der Waals surface area contributed by atoms with Crippen LogP contribution in [0.1, 0.15) is 136 Å². The van der Waals surface area contributed by atoms with Gasteiger partial charge in [0.2, 0.25) is 5.91 Å². The lowest BCUT2D eigenvalue weighted by molar-refractivity contribution is -0.158. The Balaban J connectivity index is 3.85. The minimum Gasteiger partial charge on any atom is -0.457 e. The molecule has 0 unspecified atom stereocenters. The van der Waals surface area contributed by atoms with Crippen molar-refractivity contribution in [1.82, 2.24) is 5.32 Å². The number of amides is 1. The summed E-state index contributed by atoms with van der Waals surface area (Å²) in [4.78, 5) is 41.0. The Kier molecular flexibility index (Phi) is 27.4. The largest absolute Gasteiger partial charge is 0.469 e. The second kappa shape index (κ2) is 28.1. The summed E-state index contributed by atoms with van der Waals surface area (Å²) in [6.07, 6.45) is 19.9. The van der Waals surface area contributed by atoms with Gasteiger partial charge in [0.25, 0.3) is 0 Å². The Morgan fingerprint density at radius 1 is 0.725 bits per heavy atom. The molecule has 0 aliphatic carbocycles. The van der Waals surface area contributed by atoms with Gasteiger partial charge in [-0.1, -0.05) is 103 Å². The average molecular weight is 596 g/mol. The van der Waals surface area contributed by atoms with Gasteiger partial charge in [-0.15, -0.1) is 0 Å². The molecule has 0 rings (SSSR count). The number of hydrogen-bond acceptors (Lipinski definition) is 7. The van der Waals surface area contributed by atoms with E-state index in [1.165, 1.54) is 58.3 Å². The van der Waals surface area contributed by atoms with Crippen molar-refractivity contribution in [2.24, 2.45) is 0 Å². The highest BCUT2D eigenvalue weighted by Gasteiger charge is 2.21. The standard InChI is InChI=1S/C29H58NO9P/c1-3-4-5-6-7-8-9-10-12-15-18-21-29(32)39-28(25-38-40(33,34)35)24-37-26-36-23-20-17-14-11-13-16-19-22-30-27(2)31/h28H,3-26H2,1-2H3,(H,30,31)(H2,33,34,35)/t28-/m0/s1. The number of phosphoric ester groups is 1. The van der Waals surface area contributed by atoms with Crippen LogP contribution in [-0.2, 0) is 32.9 Å². The SMILES string of the molecule is CCCCCCCCCCCCCC(=O)O[C@@H](COCOCCCCCCCCCNC(C)=O)COP(=O)(O)O. The lowest BCUT2D eigenvalue weighted by Gasteiger charge is -2.18. The van der Waals surface area contributed by atoms with Crippen LogP contribution < -0.4 is 5.32 Å². The van der Waals surface area contributed by atoms with Crippen LogP contribution in [0, 0.1) is 0 Å². The third-order valence-corrected chi connectivity index (χ3v) is 7.01. The zero-order valence-corrected chi connectivity index (χ0v) is 26.1. The van der Waals surface area contributed by atoms with Gasteiger partial charge in [-0.2, -0.15) is 0 Å². The topological polar surface area (TPSA) is 141 Å². The van der Waals surface area contributed by atoms with Crippen molar-refractivity contribution in [2.45, 2.75) is 142 Å². The predicted molar refractivity (Wildman–Crippen MR) is 157 cm³/mol. The highest BCUT2D eigenvalue weighted by Crippen LogP contribution is 2.35. The number of nitrogens with one attached hydrogen (secondary N) is 1. The van der Waals surface area contributed by atoms with E-state index in [0.717, 1.165) is 70.8 Å². The van der Waals surface area contributed by atoms with E-state index in [0.29, 0.717) is 6.61 Å². The molecular weight excluding hydrogens is 537 g/mol. The van der Waals surface area contributed by atoms with Crippen LogP contribution in [0.15, 0.2) is 0 Å². The molecule has 238 valence electrons. The molecule has 0 saturated carbocycles. The minimum absolute atomic E-state index is 0.00567. The molecule has 0 fully saturated rings. The quantitative estimate of drug-likeness (QED) is 0.0364. The van der Waals surface area contributed by atoms with E-state index in [1.807, 2.05) is 0 Å². The van der Waals surface area contributed by atoms with Crippen LogP contribution in [0.3, 0.4) is 0 Å². The summed E-state index contributed by atoms with van der Waals surface area (Å²) >= 11 is 0. The first kappa shape index (κ1) is 39.0. The number of ether oxygens (including phenoxy) is 3. The minimum atomic E-state index is -4.68. The van der Waals surface area contributed by atoms with Crippen LogP contribution >= 0.6 is 7.82 Å². The van der Waals surface area contributed by atoms with Crippen LogP contribution in [0.25, 0.3) is 0 Å². The third kappa shape index (κ3) is 31.5. The fraction of sp³-hybridized carbons (Fsp3) is 0.931. The van der Waals surface area contributed by atoms with E-state index < -0.39 is 26.5 Å². The molecule has 0 aromatic rings. The lowest BCUT2D eigenvalue weighted by atomic mass is 10.1. The Labute approximate surface area is 242 Å². The Bertz CT molecular complexity index is 645. The van der Waals surface area contributed by atoms with E-state index in [9.17, 15) is 14.2 Å². The summed E-state index contributed by atoms with van der Waals surface area (Å²) in [6.45, 7) is 4.54. The highest BCUT2D eigenvalue weighted by molar-refractivity contribution is 7.46. The summed E-state index contributed by atoms with van der Waals surface area (Å²) in [6, 6.07) is 0. The molecular formula is C29H58NO9P. The van der Waals surface area contributed by atoms with Crippen molar-refractivity contribution in [1.29, 1.82) is 0 Å². The normalized spacial score (nSPS) is 12.4. The molecule has 1 amide bonds. The van der Waals surface area contributed by atoms with Crippen molar-refractivity contribution in [3.8, 4) is 0 Å². The summed E-state index contributed by atoms with van der Waals surface area (Å²) in [7, 11) is -4.68. The van der Waals surface area contributed by atoms with Gasteiger partial charge in [0.1, 0.15) is 12.9 Å². The van der Waals surface area contributed by atoms with Crippen molar-refractivity contribution in [3.63, 3.8) is 0 Å². The van der Waals surface area contributed by atoms with Crippen molar-refractivity contribution in [3.05, 3.63) is 0 Å². The maximum Gasteiger partial charge on any atom is 0.469 e. The average Bonchev–Trinajstić information content (AvgIpc) is 2.89. The molecule has 0 aliphatic heterocycles. The smallest absolute Gasteiger partial charge is 0.457 e. The number of unbranched alkanes of at least 4 members (excludes halogenated alkanes) is 16. The lowest BCUT2D eigenvalue weighted by Crippen LogP contribution is -2.28. The molecule has 0 heterocycles. The zero-order chi connectivity index (χ0) is 29.7. The van der Waals surface area contributed by atoms with Gasteiger partial charge in [-0.05, 0) is 19.3 Å². The molecule has 0 spiro atoms. The maximum atomic E-state index is 12.2. The van der Waals surface area contributed by atoms with Gasteiger partial charge in [-0.3, -0.25) is 14.1 Å². The summed E-state index contributed by atoms with van der Waals surface area (Å²) in [5.74, 6) is -0.403. The van der Waals surface area contributed by atoms with E-state index >= 15 is 0 Å². The highest BCUT2D eigenvalue weighted by atomic mass is 31.2. The molecule has 0 aliphatic rings. The maximum absolute atomic E-state index is 12.2. The molecule has 40 heavy (non-hydrogen) atoms. The van der Waals surface area contributed by atoms with Gasteiger partial charge < -0.3 is 29.3 Å². The number of hydrogen-bond donors (Lipinski definition) is 3. The van der Waals surface area contributed by atoms with Crippen LogP contribution in [-0.4, -0.2) is 60.9 Å². The van der Waals surface area contributed by atoms with Crippen LogP contribution in [0.5, 0.6) is 0 Å². The summed E-state index contributed by atoms with van der Waals surface area (Å²) in [5.41, 5.74) is 0. The van der Waals surface area contributed by atoms with E-state index in [-0.39, 0.29) is 25.7 Å². The van der Waals surface area contributed by atoms with Gasteiger partial charge in [-0.25, -0.2) is 4.57 Å². The second-order valence-electron chi connectivity index (χ2n) is 10.5. The van der Waals surface area contributed by atoms with Gasteiger partial charge in [0.05, 0.1) is 13.2 Å². The molecule has 0 radical (unpaired) electrons. The number of phosphoric acid groups is 1. The monoisotopic (exact) mass is 595 g/mol. The Morgan fingerprint density at radius 3 is 1.80 bits per heavy atom. The first-order valence-corrected chi connectivity index (χ1v) is 17.1. The molecule has 3 N–H and O–H groups in total. The van der Waals surface area contributed by atoms with Gasteiger partial charge in [0, 0.05) is 26.5 Å². The van der Waals surface area contributed by atoms with Crippen molar-refractivity contribution in [2.75, 3.05) is 33.2 Å². The van der Waals surface area contributed by atoms with Crippen LogP contribution in [0.4, 0.5) is 0 Å². The van der Waals surface area contributed by atoms with Gasteiger partial charge >= 0.3 is 13.8 Å².